The Kier molecular flexibility index (Phi) is 3.14. The second kappa shape index (κ2) is 4.55. The predicted octanol–water partition coefficient (Wildman–Crippen LogP) is 2.42. The van der Waals surface area contributed by atoms with Gasteiger partial charge in [0, 0.05) is 0 Å². The molecule has 0 aliphatic carbocycles. The van der Waals surface area contributed by atoms with Gasteiger partial charge in [-0.3, -0.25) is 0 Å². The van der Waals surface area contributed by atoms with Gasteiger partial charge < -0.3 is 0 Å². The molecule has 0 spiro atoms. The van der Waals surface area contributed by atoms with Crippen molar-refractivity contribution in [3.05, 3.63) is 71.8 Å². The molecule has 0 bridgehead atoms. The Morgan fingerprint density at radius 1 is 0.643 bits per heavy atom. The monoisotopic (exact) mass is 296 g/mol. The van der Waals surface area contributed by atoms with Crippen LogP contribution in [0.25, 0.3) is 0 Å². The van der Waals surface area contributed by atoms with Crippen molar-refractivity contribution < 1.29 is 0 Å². The third-order valence-electron chi connectivity index (χ3n) is 2.07. The van der Waals surface area contributed by atoms with Gasteiger partial charge in [0.05, 0.1) is 0 Å². The summed E-state index contributed by atoms with van der Waals surface area (Å²) in [5.74, 6) is 0. The van der Waals surface area contributed by atoms with Gasteiger partial charge in [0.1, 0.15) is 0 Å². The molecule has 1 heteroatoms. The van der Waals surface area contributed by atoms with Crippen molar-refractivity contribution in [1.82, 2.24) is 0 Å². The summed E-state index contributed by atoms with van der Waals surface area (Å²) in [6, 6.07) is 21.0. The predicted molar refractivity (Wildman–Crippen MR) is 61.8 cm³/mol. The molecule has 2 rings (SSSR count). The normalized spacial score (nSPS) is 9.71. The van der Waals surface area contributed by atoms with Crippen LogP contribution in [0.15, 0.2) is 60.7 Å². The van der Waals surface area contributed by atoms with E-state index in [1.54, 1.807) is 0 Å². The number of rotatable bonds is 2. The summed E-state index contributed by atoms with van der Waals surface area (Å²) in [5, 5.41) is 0. The zero-order chi connectivity index (χ0) is 9.80. The second-order valence-corrected chi connectivity index (χ2v) is 4.23. The van der Waals surface area contributed by atoms with E-state index in [-0.39, 0.29) is 0 Å². The molecule has 0 saturated carbocycles. The zero-order valence-electron chi connectivity index (χ0n) is 7.68. The molecule has 0 nitrogen and oxygen atoms in total. The summed E-state index contributed by atoms with van der Waals surface area (Å²) >= 11 is 2.08. The molecule has 0 aliphatic heterocycles. The quantitative estimate of drug-likeness (QED) is 0.746. The van der Waals surface area contributed by atoms with Crippen molar-refractivity contribution >= 4 is 25.4 Å². The third kappa shape index (κ3) is 2.12. The summed E-state index contributed by atoms with van der Waals surface area (Å²) < 4.78 is 1.34. The molecular formula is C13H10Te. The van der Waals surface area contributed by atoms with E-state index in [1.807, 2.05) is 12.1 Å². The maximum atomic E-state index is 2.14. The number of benzene rings is 2. The van der Waals surface area contributed by atoms with Crippen LogP contribution in [0.1, 0.15) is 11.1 Å². The Hall–Kier alpha value is -0.900. The molecule has 0 aliphatic rings. The summed E-state index contributed by atoms with van der Waals surface area (Å²) in [4.78, 5) is 0. The molecule has 0 saturated heterocycles. The van der Waals surface area contributed by atoms with Gasteiger partial charge in [-0.2, -0.15) is 0 Å². The van der Waals surface area contributed by atoms with Crippen LogP contribution in [0.2, 0.25) is 0 Å². The van der Waals surface area contributed by atoms with Crippen molar-refractivity contribution in [2.45, 2.75) is 0 Å². The van der Waals surface area contributed by atoms with Gasteiger partial charge >= 0.3 is 97.2 Å². The molecule has 0 amide bonds. The van der Waals surface area contributed by atoms with Crippen LogP contribution in [0.4, 0.5) is 0 Å². The SMILES string of the molecule is [Te]=C(c1ccccc1)c1ccccc1. The van der Waals surface area contributed by atoms with Gasteiger partial charge in [-0.05, 0) is 0 Å². The van der Waals surface area contributed by atoms with E-state index < -0.39 is 0 Å². The first-order chi connectivity index (χ1) is 6.88. The number of hydrogen-bond donors (Lipinski definition) is 0. The Bertz CT molecular complexity index is 376. The Labute approximate surface area is 97.0 Å². The molecule has 68 valence electrons. The Morgan fingerprint density at radius 2 is 1.00 bits per heavy atom. The van der Waals surface area contributed by atoms with Crippen LogP contribution in [0.5, 0.6) is 0 Å². The van der Waals surface area contributed by atoms with Crippen LogP contribution in [-0.4, -0.2) is 25.4 Å². The molecular weight excluding hydrogens is 284 g/mol. The molecule has 2 aromatic rings. The molecule has 0 heterocycles. The van der Waals surface area contributed by atoms with E-state index in [1.165, 1.54) is 14.7 Å². The van der Waals surface area contributed by atoms with E-state index >= 15 is 0 Å². The average molecular weight is 294 g/mol. The van der Waals surface area contributed by atoms with E-state index in [0.29, 0.717) is 0 Å². The zero-order valence-corrected chi connectivity index (χ0v) is 10.0. The molecule has 0 radical (unpaired) electrons. The summed E-state index contributed by atoms with van der Waals surface area (Å²) in [6.45, 7) is 0. The standard InChI is InChI=1S/C13H10Te/c14-13(11-7-3-1-4-8-11)12-9-5-2-6-10-12/h1-10H. The Balaban J connectivity index is 2.35. The van der Waals surface area contributed by atoms with Crippen molar-refractivity contribution in [3.8, 4) is 0 Å². The maximum absolute atomic E-state index is 2.14. The van der Waals surface area contributed by atoms with E-state index in [9.17, 15) is 0 Å². The Morgan fingerprint density at radius 3 is 1.36 bits per heavy atom. The van der Waals surface area contributed by atoms with E-state index in [2.05, 4.69) is 70.4 Å². The van der Waals surface area contributed by atoms with Crippen molar-refractivity contribution in [3.63, 3.8) is 0 Å². The van der Waals surface area contributed by atoms with Crippen molar-refractivity contribution in [2.24, 2.45) is 0 Å². The second-order valence-electron chi connectivity index (χ2n) is 3.06. The van der Waals surface area contributed by atoms with E-state index in [4.69, 9.17) is 0 Å². The average Bonchev–Trinajstić information content (AvgIpc) is 2.30. The van der Waals surface area contributed by atoms with Crippen LogP contribution in [0, 0.1) is 0 Å². The molecule has 0 unspecified atom stereocenters. The van der Waals surface area contributed by atoms with Crippen LogP contribution in [-0.2, 0) is 0 Å². The van der Waals surface area contributed by atoms with Crippen molar-refractivity contribution in [2.75, 3.05) is 0 Å². The van der Waals surface area contributed by atoms with E-state index in [0.717, 1.165) is 0 Å². The summed E-state index contributed by atoms with van der Waals surface area (Å²) in [7, 11) is 0. The summed E-state index contributed by atoms with van der Waals surface area (Å²) in [6.07, 6.45) is 0. The summed E-state index contributed by atoms with van der Waals surface area (Å²) in [5.41, 5.74) is 2.59. The number of hydrogen-bond acceptors (Lipinski definition) is 0. The van der Waals surface area contributed by atoms with Gasteiger partial charge in [0.25, 0.3) is 0 Å². The van der Waals surface area contributed by atoms with Crippen molar-refractivity contribution in [1.29, 1.82) is 0 Å². The fraction of sp³-hybridized carbons (Fsp3) is 0. The van der Waals surface area contributed by atoms with Gasteiger partial charge in [-0.25, -0.2) is 0 Å². The first kappa shape index (κ1) is 9.65. The molecule has 2 aromatic carbocycles. The van der Waals surface area contributed by atoms with Crippen LogP contribution in [0.3, 0.4) is 0 Å². The van der Waals surface area contributed by atoms with Gasteiger partial charge in [-0.1, -0.05) is 0 Å². The molecule has 0 fully saturated rings. The van der Waals surface area contributed by atoms with Gasteiger partial charge in [0.2, 0.25) is 0 Å². The van der Waals surface area contributed by atoms with Crippen LogP contribution < -0.4 is 0 Å². The first-order valence-electron chi connectivity index (χ1n) is 4.53. The molecule has 0 atom stereocenters. The minimum absolute atomic E-state index is 1.29. The minimum atomic E-state index is 1.29. The van der Waals surface area contributed by atoms with Gasteiger partial charge in [-0.15, -0.1) is 0 Å². The topological polar surface area (TPSA) is 0 Å². The third-order valence-corrected chi connectivity index (χ3v) is 3.42. The molecule has 14 heavy (non-hydrogen) atoms. The fourth-order valence-corrected chi connectivity index (χ4v) is 2.12. The molecule has 0 aromatic heterocycles. The molecule has 0 N–H and O–H groups in total. The first-order valence-corrected chi connectivity index (χ1v) is 5.69. The fourth-order valence-electron chi connectivity index (χ4n) is 1.35. The van der Waals surface area contributed by atoms with Gasteiger partial charge in [0.15, 0.2) is 0 Å². The van der Waals surface area contributed by atoms with Crippen LogP contribution >= 0.6 is 0 Å².